The zero-order valence-corrected chi connectivity index (χ0v) is 109. The number of carboxylic acids is 8. The predicted molar refractivity (Wildman–Crippen MR) is 297 cm³/mol. The summed E-state index contributed by atoms with van der Waals surface area (Å²) in [4.78, 5) is 114. The van der Waals surface area contributed by atoms with Crippen molar-refractivity contribution < 1.29 is 635 Å². The van der Waals surface area contributed by atoms with Crippen LogP contribution in [0, 0.1) is 116 Å². The summed E-state index contributed by atoms with van der Waals surface area (Å²) in [5.41, 5.74) is 6.21. The molecule has 456 valence electrons. The van der Waals surface area contributed by atoms with Gasteiger partial charge in [0.25, 0.3) is 0 Å². The number of furan rings is 1. The van der Waals surface area contributed by atoms with E-state index in [1.807, 2.05) is 19.9 Å². The van der Waals surface area contributed by atoms with Gasteiger partial charge >= 0.3 is 551 Å². The van der Waals surface area contributed by atoms with Gasteiger partial charge in [-0.25, -0.2) is 24.9 Å². The van der Waals surface area contributed by atoms with Crippen LogP contribution < -0.4 is 592 Å². The molecule has 0 aliphatic carbocycles. The Hall–Kier alpha value is 6.09. The molecule has 1 N–H and O–H groups in total. The molecular formula is C59H58Cs8N8O17S2. The fourth-order valence-electron chi connectivity index (χ4n) is 6.67. The molecule has 7 heterocycles. The van der Waals surface area contributed by atoms with Crippen LogP contribution in [0.2, 0.25) is 0 Å². The van der Waals surface area contributed by atoms with Crippen molar-refractivity contribution in [3.63, 3.8) is 0 Å². The zero-order chi connectivity index (χ0) is 66.0. The van der Waals surface area contributed by atoms with Gasteiger partial charge in [-0.05, 0) is 153 Å². The number of nitrogens with one attached hydrogen (secondary N) is 1. The van der Waals surface area contributed by atoms with E-state index in [9.17, 15) is 79.2 Å². The van der Waals surface area contributed by atoms with Gasteiger partial charge in [-0.3, -0.25) is 9.97 Å². The van der Waals surface area contributed by atoms with E-state index in [4.69, 9.17) is 4.42 Å². The third kappa shape index (κ3) is 47.1. The van der Waals surface area contributed by atoms with Crippen LogP contribution in [0.5, 0.6) is 0 Å². The molecular weight excluding hydrogens is 2220 g/mol. The van der Waals surface area contributed by atoms with Crippen LogP contribution in [0.15, 0.2) is 59.3 Å². The second-order valence-corrected chi connectivity index (χ2v) is 20.7. The number of carbonyl (C=O) groups excluding carboxylic acids is 8. The summed E-state index contributed by atoms with van der Waals surface area (Å²) in [6.45, 7) is 27.3. The first-order valence-electron chi connectivity index (χ1n) is 24.8. The number of carbonyl (C=O) groups is 8. The maximum atomic E-state index is 10.7. The van der Waals surface area contributed by atoms with Crippen molar-refractivity contribution in [2.75, 3.05) is 0 Å². The van der Waals surface area contributed by atoms with Gasteiger partial charge in [0.2, 0.25) is 0 Å². The van der Waals surface area contributed by atoms with Gasteiger partial charge < -0.3 is 88.6 Å². The predicted octanol–water partition coefficient (Wildman–Crippen LogP) is -23.8. The molecule has 0 radical (unpaired) electrons. The summed E-state index contributed by atoms with van der Waals surface area (Å²) in [6.07, 6.45) is 3.14. The molecule has 0 aliphatic rings. The molecule has 0 saturated heterocycles. The van der Waals surface area contributed by atoms with Gasteiger partial charge in [0.05, 0.1) is 63.9 Å². The van der Waals surface area contributed by atoms with Crippen LogP contribution >= 0.6 is 22.7 Å². The first kappa shape index (κ1) is 116. The molecule has 0 saturated carbocycles. The molecule has 0 fully saturated rings. The Balaban J connectivity index is -0.000000148. The number of aromatic carboxylic acids is 8. The SMILES string of the molecule is CC#Cc1ccc(C)cc1C(=O)[O-].Cc1cc(C(=O)[O-])c(C)[nH]1.Cc1cc(C(=O)[O-])c(C)o1.Cc1cc(C(=O)[O-])c(C)s1.Cc1cnc(C)c(C(=O)[O-])c1.Cc1cnc(C)c(C(=O)[O-])n1.Cc1nc(C(=O)[O-])c(C)s1.Cc1nc(C)nc(C(=O)[O-])n1.[Cs+].[Cs+].[Cs+].[Cs+].[Cs+].[Cs+].[Cs+].[Cs+]. The van der Waals surface area contributed by atoms with Crippen molar-refractivity contribution in [3.8, 4) is 11.8 Å². The average molecular weight is 2280 g/mol. The third-order valence-corrected chi connectivity index (χ3v) is 12.2. The quantitative estimate of drug-likeness (QED) is 0.138. The summed E-state index contributed by atoms with van der Waals surface area (Å²) in [7, 11) is 0. The number of aryl methyl sites for hydroxylation is 15. The van der Waals surface area contributed by atoms with Gasteiger partial charge in [0.15, 0.2) is 5.82 Å². The van der Waals surface area contributed by atoms with Crippen molar-refractivity contribution in [2.24, 2.45) is 0 Å². The number of H-pyrrole nitrogens is 1. The van der Waals surface area contributed by atoms with Crippen molar-refractivity contribution in [1.29, 1.82) is 0 Å². The molecule has 0 amide bonds. The third-order valence-electron chi connectivity index (χ3n) is 10.4. The van der Waals surface area contributed by atoms with Crippen LogP contribution in [-0.2, 0) is 0 Å². The number of carboxylic acid groups (broad SMARTS) is 8. The van der Waals surface area contributed by atoms with Crippen molar-refractivity contribution in [2.45, 2.75) is 111 Å². The minimum Gasteiger partial charge on any atom is -0.545 e. The number of thiophene rings is 1. The Morgan fingerprint density at radius 1 is 0.447 bits per heavy atom. The molecule has 7 aromatic heterocycles. The van der Waals surface area contributed by atoms with E-state index in [-0.39, 0.29) is 591 Å². The maximum Gasteiger partial charge on any atom is 1.00 e. The van der Waals surface area contributed by atoms with E-state index in [0.717, 1.165) is 31.6 Å². The molecule has 0 bridgehead atoms. The summed E-state index contributed by atoms with van der Waals surface area (Å²) < 4.78 is 4.95. The molecule has 8 rings (SSSR count). The van der Waals surface area contributed by atoms with Crippen LogP contribution in [-0.4, -0.2) is 87.6 Å². The Morgan fingerprint density at radius 2 is 0.926 bits per heavy atom. The van der Waals surface area contributed by atoms with E-state index < -0.39 is 47.8 Å². The minimum absolute atomic E-state index is 0. The van der Waals surface area contributed by atoms with Crippen LogP contribution in [0.3, 0.4) is 0 Å². The van der Waals surface area contributed by atoms with Gasteiger partial charge in [-0.1, -0.05) is 17.6 Å². The number of benzene rings is 1. The maximum absolute atomic E-state index is 10.7. The number of aromatic amines is 1. The van der Waals surface area contributed by atoms with E-state index in [2.05, 4.69) is 51.7 Å². The van der Waals surface area contributed by atoms with Crippen LogP contribution in [0.4, 0.5) is 0 Å². The summed E-state index contributed by atoms with van der Waals surface area (Å²) in [6, 6.07) is 11.3. The zero-order valence-electron chi connectivity index (χ0n) is 57.6. The fraction of sp³-hybridized carbons (Fsp3) is 0.271. The topological polar surface area (TPSA) is 440 Å². The number of pyridine rings is 1. The van der Waals surface area contributed by atoms with Crippen molar-refractivity contribution >= 4 is 70.4 Å². The Bertz CT molecular complexity index is 3540. The van der Waals surface area contributed by atoms with E-state index >= 15 is 0 Å². The summed E-state index contributed by atoms with van der Waals surface area (Å²) in [5, 5.41) is 83.6. The molecule has 0 aliphatic heterocycles. The van der Waals surface area contributed by atoms with Gasteiger partial charge in [0.1, 0.15) is 34.8 Å². The number of rotatable bonds is 8. The van der Waals surface area contributed by atoms with Crippen LogP contribution in [0.1, 0.15) is 178 Å². The monoisotopic (exact) mass is 2280 g/mol. The van der Waals surface area contributed by atoms with E-state index in [1.54, 1.807) is 133 Å². The molecule has 0 atom stereocenters. The second kappa shape index (κ2) is 61.9. The molecule has 94 heavy (non-hydrogen) atoms. The first-order chi connectivity index (χ1) is 39.9. The minimum atomic E-state index is -1.38. The standard InChI is InChI=1S/C11H10O2.C8H9NO2.C7H8N2O2.C7H9NO2.C7H8O3.C7H8O2S.C6H7N3O2.C6H7NO2S.8Cs/c1-3-4-9-6-5-8(2)7-10(9)11(12)13;1-5-3-7(8(10)11)6(2)9-4-5;1-4-3-8-5(2)6(9-4)7(10)11;1-4-3-6(7(9)10)5(2)8-4;2*1-4-3-6(7(8)9)5(2)10-4;1-3-7-4(2)9-5(8-3)6(10)11;1-3-5(6(8)9)7-4(2)10-3;;;;;;;;/h5-7H,1-2H3,(H,12,13);3-4H,1-2H3,(H,10,11);3H,1-2H3,(H,10,11);3,8H,1-2H3,(H,9,10);2*3H,1-2H3,(H,8,9);1-2H3,(H,10,11);1-2H3,(H,8,9);;;;;;;;/q;;;;;;;;8*+1/p-8. The van der Waals surface area contributed by atoms with Gasteiger partial charge in [-0.15, -0.1) is 28.6 Å². The normalized spacial score (nSPS) is 8.77. The van der Waals surface area contributed by atoms with Gasteiger partial charge in [0, 0.05) is 77.5 Å². The Morgan fingerprint density at radius 3 is 1.23 bits per heavy atom. The van der Waals surface area contributed by atoms with E-state index in [0.29, 0.717) is 61.9 Å². The number of thiazole rings is 1. The van der Waals surface area contributed by atoms with Gasteiger partial charge in [-0.2, -0.15) is 0 Å². The largest absolute Gasteiger partial charge is 1.00 e. The molecule has 25 nitrogen and oxygen atoms in total. The van der Waals surface area contributed by atoms with Crippen molar-refractivity contribution in [1.82, 2.24) is 39.9 Å². The average Bonchev–Trinajstić information content (AvgIpc) is 1.58. The van der Waals surface area contributed by atoms with E-state index in [1.165, 1.54) is 34.9 Å². The fourth-order valence-corrected chi connectivity index (χ4v) is 8.39. The molecule has 35 heteroatoms. The Labute approximate surface area is 1020 Å². The first-order valence-corrected chi connectivity index (χ1v) is 26.4. The number of hydrogen-bond donors (Lipinski definition) is 1. The number of aromatic nitrogens is 8. The number of nitrogens with zero attached hydrogens (tertiary/aromatic N) is 7. The van der Waals surface area contributed by atoms with Crippen molar-refractivity contribution in [3.05, 3.63) is 188 Å². The molecule has 0 spiro atoms. The smallest absolute Gasteiger partial charge is 0.545 e. The molecule has 0 unspecified atom stereocenters. The Kier molecular flexibility index (Phi) is 76.3. The summed E-state index contributed by atoms with van der Waals surface area (Å²) >= 11 is 2.84. The molecule has 8 aromatic rings. The molecule has 1 aromatic carbocycles. The summed E-state index contributed by atoms with van der Waals surface area (Å²) in [5.74, 6) is -2.76. The number of hydrogen-bond acceptors (Lipinski definition) is 26. The van der Waals surface area contributed by atoms with Crippen LogP contribution in [0.25, 0.3) is 0 Å². The second-order valence-electron chi connectivity index (χ2n) is 17.9.